The van der Waals surface area contributed by atoms with E-state index in [4.69, 9.17) is 5.73 Å². The van der Waals surface area contributed by atoms with Gasteiger partial charge in [0.2, 0.25) is 0 Å². The summed E-state index contributed by atoms with van der Waals surface area (Å²) in [4.78, 5) is 0. The normalized spacial score (nSPS) is 21.4. The minimum absolute atomic E-state index is 0.115. The van der Waals surface area contributed by atoms with Crippen molar-refractivity contribution in [3.63, 3.8) is 0 Å². The summed E-state index contributed by atoms with van der Waals surface area (Å²) >= 11 is 0. The molecule has 98 valence electrons. The second kappa shape index (κ2) is 4.39. The second-order valence-corrected chi connectivity index (χ2v) is 5.50. The van der Waals surface area contributed by atoms with Gasteiger partial charge in [-0.2, -0.15) is 0 Å². The molecule has 2 unspecified atom stereocenters. The monoisotopic (exact) mass is 253 g/mol. The third-order valence-corrected chi connectivity index (χ3v) is 4.28. The highest BCUT2D eigenvalue weighted by Crippen LogP contribution is 2.47. The van der Waals surface area contributed by atoms with Crippen LogP contribution in [0, 0.1) is 13.8 Å². The number of aryl methyl sites for hydroxylation is 2. The Kier molecular flexibility index (Phi) is 2.83. The van der Waals surface area contributed by atoms with E-state index in [-0.39, 0.29) is 12.0 Å². The molecule has 2 aromatic rings. The van der Waals surface area contributed by atoms with Crippen molar-refractivity contribution in [2.45, 2.75) is 32.2 Å². The molecule has 0 saturated heterocycles. The Balaban J connectivity index is 2.10. The average Bonchev–Trinajstić information content (AvgIpc) is 2.76. The third kappa shape index (κ3) is 1.83. The van der Waals surface area contributed by atoms with Gasteiger partial charge in [-0.3, -0.25) is 0 Å². The van der Waals surface area contributed by atoms with Gasteiger partial charge >= 0.3 is 0 Å². The van der Waals surface area contributed by atoms with Gasteiger partial charge in [0, 0.05) is 17.5 Å². The van der Waals surface area contributed by atoms with E-state index in [0.717, 1.165) is 17.5 Å². The molecule has 0 spiro atoms. The minimum atomic E-state index is -0.115. The molecule has 19 heavy (non-hydrogen) atoms. The first-order valence-corrected chi connectivity index (χ1v) is 6.72. The zero-order valence-electron chi connectivity index (χ0n) is 11.4. The number of rotatable bonds is 1. The van der Waals surface area contributed by atoms with Crippen LogP contribution < -0.4 is 5.73 Å². The Morgan fingerprint density at radius 3 is 2.47 bits per heavy atom. The van der Waals surface area contributed by atoms with Gasteiger partial charge < -0.3 is 10.8 Å². The average molecular weight is 253 g/mol. The number of hydrogen-bond acceptors (Lipinski definition) is 2. The van der Waals surface area contributed by atoms with Crippen LogP contribution in [0.4, 0.5) is 0 Å². The Morgan fingerprint density at radius 2 is 1.79 bits per heavy atom. The first-order chi connectivity index (χ1) is 9.09. The summed E-state index contributed by atoms with van der Waals surface area (Å²) in [6.07, 6.45) is 0.917. The van der Waals surface area contributed by atoms with Crippen LogP contribution in [0.25, 0.3) is 0 Å². The highest BCUT2D eigenvalue weighted by molar-refractivity contribution is 5.55. The molecule has 2 nitrogen and oxygen atoms in total. The molecule has 0 aromatic heterocycles. The van der Waals surface area contributed by atoms with E-state index in [1.165, 1.54) is 16.7 Å². The molecule has 1 aliphatic carbocycles. The summed E-state index contributed by atoms with van der Waals surface area (Å²) in [5.41, 5.74) is 12.0. The van der Waals surface area contributed by atoms with Crippen molar-refractivity contribution < 1.29 is 5.11 Å². The highest BCUT2D eigenvalue weighted by Gasteiger charge is 2.34. The maximum absolute atomic E-state index is 10.3. The number of fused-ring (bicyclic) bond motifs is 1. The number of hydrogen-bond donors (Lipinski definition) is 2. The Labute approximate surface area is 113 Å². The number of aromatic hydroxyl groups is 1. The number of nitrogens with two attached hydrogens (primary N) is 1. The Hall–Kier alpha value is -1.80. The molecule has 2 aromatic carbocycles. The van der Waals surface area contributed by atoms with Gasteiger partial charge in [-0.1, -0.05) is 36.4 Å². The Bertz CT molecular complexity index is 619. The maximum atomic E-state index is 10.3. The van der Waals surface area contributed by atoms with Crippen molar-refractivity contribution in [2.75, 3.05) is 0 Å². The molecule has 0 aliphatic heterocycles. The van der Waals surface area contributed by atoms with Gasteiger partial charge in [-0.25, -0.2) is 0 Å². The zero-order valence-corrected chi connectivity index (χ0v) is 11.4. The van der Waals surface area contributed by atoms with Gasteiger partial charge in [-0.05, 0) is 42.5 Å². The van der Waals surface area contributed by atoms with E-state index in [2.05, 4.69) is 19.1 Å². The smallest absolute Gasteiger partial charge is 0.123 e. The van der Waals surface area contributed by atoms with Crippen molar-refractivity contribution >= 4 is 0 Å². The molecule has 0 heterocycles. The van der Waals surface area contributed by atoms with E-state index in [1.54, 1.807) is 0 Å². The van der Waals surface area contributed by atoms with Crippen molar-refractivity contribution in [2.24, 2.45) is 5.73 Å². The largest absolute Gasteiger partial charge is 0.507 e. The number of phenolic OH excluding ortho intramolecular Hbond substituents is 1. The van der Waals surface area contributed by atoms with Crippen LogP contribution in [-0.4, -0.2) is 5.11 Å². The van der Waals surface area contributed by atoms with E-state index >= 15 is 0 Å². The van der Waals surface area contributed by atoms with Crippen LogP contribution in [0.5, 0.6) is 5.75 Å². The molecular formula is C17H19NO. The summed E-state index contributed by atoms with van der Waals surface area (Å²) in [6, 6.07) is 12.3. The van der Waals surface area contributed by atoms with Crippen molar-refractivity contribution in [1.29, 1.82) is 0 Å². The lowest BCUT2D eigenvalue weighted by atomic mass is 9.92. The zero-order chi connectivity index (χ0) is 13.6. The van der Waals surface area contributed by atoms with E-state index < -0.39 is 0 Å². The molecule has 3 rings (SSSR count). The summed E-state index contributed by atoms with van der Waals surface area (Å²) in [5, 5.41) is 10.3. The lowest BCUT2D eigenvalue weighted by molar-refractivity contribution is 0.456. The lowest BCUT2D eigenvalue weighted by Gasteiger charge is -2.17. The van der Waals surface area contributed by atoms with Gasteiger partial charge in [0.1, 0.15) is 5.75 Å². The summed E-state index contributed by atoms with van der Waals surface area (Å²) < 4.78 is 0. The second-order valence-electron chi connectivity index (χ2n) is 5.50. The van der Waals surface area contributed by atoms with Crippen LogP contribution in [0.3, 0.4) is 0 Å². The molecule has 3 N–H and O–H groups in total. The van der Waals surface area contributed by atoms with Crippen molar-refractivity contribution in [3.05, 3.63) is 64.2 Å². The molecular weight excluding hydrogens is 234 g/mol. The van der Waals surface area contributed by atoms with Gasteiger partial charge in [0.05, 0.1) is 0 Å². The predicted octanol–water partition coefficient (Wildman–Crippen LogP) is 3.35. The SMILES string of the molecule is Cc1cc(C)c2c(c1O)C(N)C(c1ccccc1)C2. The first-order valence-electron chi connectivity index (χ1n) is 6.72. The number of phenols is 1. The quantitative estimate of drug-likeness (QED) is 0.818. The molecule has 0 amide bonds. The van der Waals surface area contributed by atoms with Gasteiger partial charge in [-0.15, -0.1) is 0 Å². The molecule has 2 atom stereocenters. The Morgan fingerprint density at radius 1 is 1.11 bits per heavy atom. The van der Waals surface area contributed by atoms with Gasteiger partial charge in [0.15, 0.2) is 0 Å². The lowest BCUT2D eigenvalue weighted by Crippen LogP contribution is -2.15. The van der Waals surface area contributed by atoms with Crippen molar-refractivity contribution in [1.82, 2.24) is 0 Å². The van der Waals surface area contributed by atoms with E-state index in [1.807, 2.05) is 31.2 Å². The summed E-state index contributed by atoms with van der Waals surface area (Å²) in [7, 11) is 0. The maximum Gasteiger partial charge on any atom is 0.123 e. The summed E-state index contributed by atoms with van der Waals surface area (Å²) in [5.74, 6) is 0.647. The first kappa shape index (κ1) is 12.2. The molecule has 0 fully saturated rings. The third-order valence-electron chi connectivity index (χ3n) is 4.28. The number of benzene rings is 2. The van der Waals surface area contributed by atoms with E-state index in [9.17, 15) is 5.11 Å². The van der Waals surface area contributed by atoms with Crippen molar-refractivity contribution in [3.8, 4) is 5.75 Å². The standard InChI is InChI=1S/C17H19NO/c1-10-8-11(2)17(19)15-13(10)9-14(16(15)18)12-6-4-3-5-7-12/h3-8,14,16,19H,9,18H2,1-2H3. The van der Waals surface area contributed by atoms with Crippen LogP contribution in [0.1, 0.15) is 39.8 Å². The molecule has 0 saturated carbocycles. The molecule has 1 aliphatic rings. The van der Waals surface area contributed by atoms with Crippen LogP contribution >= 0.6 is 0 Å². The van der Waals surface area contributed by atoms with Crippen LogP contribution in [0.15, 0.2) is 36.4 Å². The molecule has 2 heteroatoms. The van der Waals surface area contributed by atoms with Crippen LogP contribution in [-0.2, 0) is 6.42 Å². The fourth-order valence-corrected chi connectivity index (χ4v) is 3.25. The van der Waals surface area contributed by atoms with Gasteiger partial charge in [0.25, 0.3) is 0 Å². The van der Waals surface area contributed by atoms with Crippen LogP contribution in [0.2, 0.25) is 0 Å². The highest BCUT2D eigenvalue weighted by atomic mass is 16.3. The fraction of sp³-hybridized carbons (Fsp3) is 0.294. The minimum Gasteiger partial charge on any atom is -0.507 e. The predicted molar refractivity (Wildman–Crippen MR) is 77.4 cm³/mol. The topological polar surface area (TPSA) is 46.2 Å². The fourth-order valence-electron chi connectivity index (χ4n) is 3.25. The molecule has 0 bridgehead atoms. The molecule has 0 radical (unpaired) electrons. The van der Waals surface area contributed by atoms with E-state index in [0.29, 0.717) is 5.75 Å². The summed E-state index contributed by atoms with van der Waals surface area (Å²) in [6.45, 7) is 4.04.